The van der Waals surface area contributed by atoms with E-state index in [1.807, 2.05) is 13.0 Å². The molecule has 0 aromatic rings. The van der Waals surface area contributed by atoms with Crippen molar-refractivity contribution in [3.63, 3.8) is 0 Å². The lowest BCUT2D eigenvalue weighted by Crippen LogP contribution is -2.62. The van der Waals surface area contributed by atoms with E-state index < -0.39 is 22.8 Å². The first kappa shape index (κ1) is 19.4. The molecule has 0 unspecified atom stereocenters. The largest absolute Gasteiger partial charge is 0.458 e. The van der Waals surface area contributed by atoms with Crippen molar-refractivity contribution in [1.82, 2.24) is 0 Å². The van der Waals surface area contributed by atoms with Crippen molar-refractivity contribution in [3.8, 4) is 0 Å². The fourth-order valence-corrected chi connectivity index (χ4v) is 7.77. The average molecular weight is 402 g/mol. The number of Topliss-reactive ketones (excluding diaryl/α,β-unsaturated/α-hetero) is 1. The fourth-order valence-electron chi connectivity index (χ4n) is 7.77. The highest BCUT2D eigenvalue weighted by molar-refractivity contribution is 5.92. The molecule has 1 spiro atoms. The molecule has 158 valence electrons. The molecule has 0 bridgehead atoms. The molecule has 4 fully saturated rings. The first-order valence-electron chi connectivity index (χ1n) is 10.9. The molecule has 1 heterocycles. The molecule has 4 aliphatic carbocycles. The Balaban J connectivity index is 1.48. The summed E-state index contributed by atoms with van der Waals surface area (Å²) in [6, 6.07) is 0. The maximum atomic E-state index is 12.9. The fraction of sp³-hybridized carbons (Fsp3) is 0.783. The van der Waals surface area contributed by atoms with Crippen molar-refractivity contribution in [2.45, 2.75) is 83.0 Å². The van der Waals surface area contributed by atoms with E-state index in [1.165, 1.54) is 12.5 Å². The topological polar surface area (TPSA) is 93.2 Å². The molecule has 5 rings (SSSR count). The van der Waals surface area contributed by atoms with E-state index in [-0.39, 0.29) is 41.3 Å². The number of aliphatic hydroxyl groups is 1. The Morgan fingerprint density at radius 3 is 2.69 bits per heavy atom. The van der Waals surface area contributed by atoms with Crippen molar-refractivity contribution in [2.75, 3.05) is 6.61 Å². The van der Waals surface area contributed by atoms with Crippen LogP contribution in [-0.4, -0.2) is 46.6 Å². The Bertz CT molecular complexity index is 846. The summed E-state index contributed by atoms with van der Waals surface area (Å²) in [6.45, 7) is 5.18. The predicted octanol–water partition coefficient (Wildman–Crippen LogP) is 2.51. The van der Waals surface area contributed by atoms with Gasteiger partial charge in [0.25, 0.3) is 0 Å². The number of rotatable bonds is 3. The second-order valence-electron chi connectivity index (χ2n) is 10.3. The number of fused-ring (bicyclic) bond motifs is 3. The molecule has 0 radical (unpaired) electrons. The molecule has 1 N–H and O–H groups in total. The van der Waals surface area contributed by atoms with Crippen LogP contribution >= 0.6 is 0 Å². The van der Waals surface area contributed by atoms with Gasteiger partial charge in [0, 0.05) is 24.2 Å². The lowest BCUT2D eigenvalue weighted by atomic mass is 9.46. The first-order valence-corrected chi connectivity index (χ1v) is 10.9. The summed E-state index contributed by atoms with van der Waals surface area (Å²) in [5.74, 6) is -0.227. The molecule has 5 aliphatic rings. The van der Waals surface area contributed by atoms with Crippen LogP contribution in [0.2, 0.25) is 0 Å². The molecule has 7 atom stereocenters. The standard InChI is InChI=1S/C23H30O6/c1-13(24)28-12-18(26)22(27)9-7-16-17-5-4-14-10-15(25)6-8-20(14,2)23(17)19(29-23)11-21(16,22)3/h10,16-17,19,27H,4-9,11-12H2,1-3H3/t16-,17-,19-,20-,21-,22-,23-/m0/s1. The second kappa shape index (κ2) is 5.79. The zero-order valence-corrected chi connectivity index (χ0v) is 17.5. The second-order valence-corrected chi connectivity index (χ2v) is 10.3. The third kappa shape index (κ3) is 2.22. The highest BCUT2D eigenvalue weighted by Crippen LogP contribution is 2.76. The van der Waals surface area contributed by atoms with Gasteiger partial charge in [-0.3, -0.25) is 14.4 Å². The lowest BCUT2D eigenvalue weighted by Gasteiger charge is -2.56. The van der Waals surface area contributed by atoms with Crippen LogP contribution < -0.4 is 0 Å². The zero-order chi connectivity index (χ0) is 20.8. The number of ether oxygens (including phenoxy) is 2. The molecule has 1 saturated heterocycles. The van der Waals surface area contributed by atoms with E-state index in [9.17, 15) is 19.5 Å². The molecule has 3 saturated carbocycles. The summed E-state index contributed by atoms with van der Waals surface area (Å²) in [5.41, 5.74) is -1.22. The smallest absolute Gasteiger partial charge is 0.303 e. The molecule has 0 aromatic heterocycles. The van der Waals surface area contributed by atoms with Gasteiger partial charge in [0.05, 0.1) is 6.10 Å². The van der Waals surface area contributed by atoms with Gasteiger partial charge in [-0.05, 0) is 56.4 Å². The number of epoxide rings is 1. The molecule has 0 aromatic carbocycles. The number of hydrogen-bond acceptors (Lipinski definition) is 6. The first-order chi connectivity index (χ1) is 13.6. The van der Waals surface area contributed by atoms with Crippen LogP contribution in [0.15, 0.2) is 11.6 Å². The summed E-state index contributed by atoms with van der Waals surface area (Å²) in [5, 5.41) is 11.5. The van der Waals surface area contributed by atoms with E-state index >= 15 is 0 Å². The van der Waals surface area contributed by atoms with Crippen LogP contribution in [0.5, 0.6) is 0 Å². The molecule has 1 aliphatic heterocycles. The van der Waals surface area contributed by atoms with Crippen molar-refractivity contribution in [3.05, 3.63) is 11.6 Å². The number of hydrogen-bond donors (Lipinski definition) is 1. The zero-order valence-electron chi connectivity index (χ0n) is 17.5. The normalized spacial score (nSPS) is 49.9. The van der Waals surface area contributed by atoms with Crippen molar-refractivity contribution in [2.24, 2.45) is 22.7 Å². The maximum Gasteiger partial charge on any atom is 0.303 e. The number of carbonyl (C=O) groups excluding carboxylic acids is 3. The Hall–Kier alpha value is -1.53. The van der Waals surface area contributed by atoms with Gasteiger partial charge in [-0.1, -0.05) is 19.4 Å². The Morgan fingerprint density at radius 1 is 1.21 bits per heavy atom. The Morgan fingerprint density at radius 2 is 1.97 bits per heavy atom. The monoisotopic (exact) mass is 402 g/mol. The minimum Gasteiger partial charge on any atom is -0.458 e. The van der Waals surface area contributed by atoms with Crippen LogP contribution in [0.1, 0.15) is 65.7 Å². The molecule has 29 heavy (non-hydrogen) atoms. The van der Waals surface area contributed by atoms with Gasteiger partial charge in [-0.25, -0.2) is 0 Å². The third-order valence-electron chi connectivity index (χ3n) is 9.35. The maximum absolute atomic E-state index is 12.9. The third-order valence-corrected chi connectivity index (χ3v) is 9.35. The summed E-state index contributed by atoms with van der Waals surface area (Å²) >= 11 is 0. The van der Waals surface area contributed by atoms with Crippen LogP contribution in [-0.2, 0) is 23.9 Å². The Kier molecular flexibility index (Phi) is 3.88. The predicted molar refractivity (Wildman–Crippen MR) is 103 cm³/mol. The summed E-state index contributed by atoms with van der Waals surface area (Å²) in [4.78, 5) is 36.1. The number of carbonyl (C=O) groups is 3. The van der Waals surface area contributed by atoms with E-state index in [1.54, 1.807) is 0 Å². The van der Waals surface area contributed by atoms with Gasteiger partial charge in [-0.15, -0.1) is 0 Å². The molecular formula is C23H30O6. The minimum absolute atomic E-state index is 0.00167. The SMILES string of the molecule is CC(=O)OCC(=O)[C@@]1(O)CC[C@H]2[C@@H]3CCC4=CC(=O)CC[C@]4(C)[C@]34O[C@H]4C[C@@]21C. The Labute approximate surface area is 171 Å². The molecule has 0 amide bonds. The summed E-state index contributed by atoms with van der Waals surface area (Å²) in [7, 11) is 0. The van der Waals surface area contributed by atoms with Crippen LogP contribution in [0.4, 0.5) is 0 Å². The highest BCUT2D eigenvalue weighted by atomic mass is 16.6. The lowest BCUT2D eigenvalue weighted by molar-refractivity contribution is -0.166. The molecular weight excluding hydrogens is 372 g/mol. The van der Waals surface area contributed by atoms with Crippen LogP contribution in [0.3, 0.4) is 0 Å². The van der Waals surface area contributed by atoms with Gasteiger partial charge >= 0.3 is 5.97 Å². The summed E-state index contributed by atoms with van der Waals surface area (Å²) < 4.78 is 11.4. The van der Waals surface area contributed by atoms with Crippen molar-refractivity contribution >= 4 is 17.5 Å². The quantitative estimate of drug-likeness (QED) is 0.576. The van der Waals surface area contributed by atoms with E-state index in [0.29, 0.717) is 19.3 Å². The van der Waals surface area contributed by atoms with Gasteiger partial charge in [-0.2, -0.15) is 0 Å². The van der Waals surface area contributed by atoms with E-state index in [2.05, 4.69) is 6.92 Å². The van der Waals surface area contributed by atoms with Crippen molar-refractivity contribution in [1.29, 1.82) is 0 Å². The van der Waals surface area contributed by atoms with Gasteiger partial charge in [0.15, 0.2) is 12.4 Å². The van der Waals surface area contributed by atoms with Crippen LogP contribution in [0.25, 0.3) is 0 Å². The van der Waals surface area contributed by atoms with Crippen LogP contribution in [0, 0.1) is 22.7 Å². The van der Waals surface area contributed by atoms with Gasteiger partial charge in [0.1, 0.15) is 11.2 Å². The highest BCUT2D eigenvalue weighted by Gasteiger charge is 2.81. The van der Waals surface area contributed by atoms with E-state index in [4.69, 9.17) is 9.47 Å². The van der Waals surface area contributed by atoms with E-state index in [0.717, 1.165) is 25.7 Å². The summed E-state index contributed by atoms with van der Waals surface area (Å²) in [6.07, 6.45) is 6.88. The van der Waals surface area contributed by atoms with Gasteiger partial charge in [0.2, 0.25) is 5.78 Å². The number of esters is 1. The average Bonchev–Trinajstić information content (AvgIpc) is 3.32. The molecule has 6 heteroatoms. The minimum atomic E-state index is -1.48. The molecule has 6 nitrogen and oxygen atoms in total. The van der Waals surface area contributed by atoms with Gasteiger partial charge < -0.3 is 14.6 Å². The van der Waals surface area contributed by atoms with Crippen molar-refractivity contribution < 1.29 is 29.0 Å². The number of ketones is 2.